The Balaban J connectivity index is 2.43. The SMILES string of the molecule is COc1ccc(OC)c(C(N)c2ccc(OC)c(Br)c2)c1. The molecule has 2 N–H and O–H groups in total. The Morgan fingerprint density at radius 2 is 1.57 bits per heavy atom. The Morgan fingerprint density at radius 3 is 2.14 bits per heavy atom. The van der Waals surface area contributed by atoms with Gasteiger partial charge in [0.25, 0.3) is 0 Å². The van der Waals surface area contributed by atoms with Crippen LogP contribution in [0.4, 0.5) is 0 Å². The predicted octanol–water partition coefficient (Wildman–Crippen LogP) is 3.52. The second-order valence-corrected chi connectivity index (χ2v) is 5.33. The number of ether oxygens (including phenoxy) is 3. The Hall–Kier alpha value is -1.72. The monoisotopic (exact) mass is 351 g/mol. The molecular formula is C16H18BrNO3. The third kappa shape index (κ3) is 3.31. The molecule has 0 aliphatic carbocycles. The van der Waals surface area contributed by atoms with Crippen LogP contribution in [0.2, 0.25) is 0 Å². The summed E-state index contributed by atoms with van der Waals surface area (Å²) in [5.41, 5.74) is 8.20. The Morgan fingerprint density at radius 1 is 0.905 bits per heavy atom. The van der Waals surface area contributed by atoms with Gasteiger partial charge in [-0.2, -0.15) is 0 Å². The van der Waals surface area contributed by atoms with Gasteiger partial charge in [-0.05, 0) is 51.8 Å². The second kappa shape index (κ2) is 6.83. The fraction of sp³-hybridized carbons (Fsp3) is 0.250. The minimum Gasteiger partial charge on any atom is -0.497 e. The fourth-order valence-electron chi connectivity index (χ4n) is 2.14. The van der Waals surface area contributed by atoms with Crippen LogP contribution in [0.5, 0.6) is 17.2 Å². The molecule has 2 aromatic carbocycles. The van der Waals surface area contributed by atoms with Gasteiger partial charge in [-0.25, -0.2) is 0 Å². The summed E-state index contributed by atoms with van der Waals surface area (Å²) in [6.07, 6.45) is 0. The van der Waals surface area contributed by atoms with Crippen molar-refractivity contribution < 1.29 is 14.2 Å². The number of hydrogen-bond acceptors (Lipinski definition) is 4. The van der Waals surface area contributed by atoms with E-state index in [1.807, 2.05) is 36.4 Å². The van der Waals surface area contributed by atoms with Gasteiger partial charge >= 0.3 is 0 Å². The molecule has 0 aliphatic heterocycles. The average Bonchev–Trinajstić information content (AvgIpc) is 2.53. The van der Waals surface area contributed by atoms with Crippen LogP contribution in [-0.4, -0.2) is 21.3 Å². The summed E-state index contributed by atoms with van der Waals surface area (Å²) >= 11 is 3.48. The highest BCUT2D eigenvalue weighted by Crippen LogP contribution is 2.34. The van der Waals surface area contributed by atoms with E-state index in [4.69, 9.17) is 19.9 Å². The molecule has 2 aromatic rings. The van der Waals surface area contributed by atoms with E-state index >= 15 is 0 Å². The number of rotatable bonds is 5. The lowest BCUT2D eigenvalue weighted by Gasteiger charge is -2.18. The smallest absolute Gasteiger partial charge is 0.133 e. The molecule has 112 valence electrons. The number of halogens is 1. The van der Waals surface area contributed by atoms with E-state index < -0.39 is 0 Å². The van der Waals surface area contributed by atoms with Crippen LogP contribution < -0.4 is 19.9 Å². The Bertz CT molecular complexity index is 631. The lowest BCUT2D eigenvalue weighted by molar-refractivity contribution is 0.397. The average molecular weight is 352 g/mol. The topological polar surface area (TPSA) is 53.7 Å². The summed E-state index contributed by atoms with van der Waals surface area (Å²) in [7, 11) is 4.88. The molecule has 0 saturated carbocycles. The molecule has 0 fully saturated rings. The van der Waals surface area contributed by atoms with Crippen LogP contribution in [0.25, 0.3) is 0 Å². The lowest BCUT2D eigenvalue weighted by atomic mass is 9.98. The van der Waals surface area contributed by atoms with Crippen LogP contribution >= 0.6 is 15.9 Å². The van der Waals surface area contributed by atoms with Crippen molar-refractivity contribution >= 4 is 15.9 Å². The zero-order chi connectivity index (χ0) is 15.4. The molecule has 0 radical (unpaired) electrons. The van der Waals surface area contributed by atoms with Gasteiger partial charge in [0.1, 0.15) is 17.2 Å². The van der Waals surface area contributed by atoms with Crippen LogP contribution in [0.3, 0.4) is 0 Å². The molecule has 0 aliphatic rings. The Kier molecular flexibility index (Phi) is 5.09. The highest BCUT2D eigenvalue weighted by Gasteiger charge is 2.16. The third-order valence-electron chi connectivity index (χ3n) is 3.31. The fourth-order valence-corrected chi connectivity index (χ4v) is 2.70. The van der Waals surface area contributed by atoms with Crippen molar-refractivity contribution in [2.75, 3.05) is 21.3 Å². The van der Waals surface area contributed by atoms with Gasteiger partial charge in [0.05, 0.1) is 31.8 Å². The summed E-state index contributed by atoms with van der Waals surface area (Å²) in [6, 6.07) is 11.0. The van der Waals surface area contributed by atoms with Crippen molar-refractivity contribution in [2.45, 2.75) is 6.04 Å². The first-order valence-electron chi connectivity index (χ1n) is 6.41. The maximum Gasteiger partial charge on any atom is 0.133 e. The number of hydrogen-bond donors (Lipinski definition) is 1. The van der Waals surface area contributed by atoms with E-state index in [1.165, 1.54) is 0 Å². The van der Waals surface area contributed by atoms with Gasteiger partial charge in [-0.3, -0.25) is 0 Å². The summed E-state index contributed by atoms with van der Waals surface area (Å²) in [5, 5.41) is 0. The molecule has 0 aromatic heterocycles. The molecule has 1 atom stereocenters. The minimum absolute atomic E-state index is 0.322. The van der Waals surface area contributed by atoms with E-state index in [0.29, 0.717) is 0 Å². The van der Waals surface area contributed by atoms with Gasteiger partial charge < -0.3 is 19.9 Å². The predicted molar refractivity (Wildman–Crippen MR) is 86.3 cm³/mol. The van der Waals surface area contributed by atoms with E-state index in [0.717, 1.165) is 32.8 Å². The van der Waals surface area contributed by atoms with E-state index in [2.05, 4.69) is 15.9 Å². The van der Waals surface area contributed by atoms with E-state index in [9.17, 15) is 0 Å². The molecule has 21 heavy (non-hydrogen) atoms. The van der Waals surface area contributed by atoms with Crippen molar-refractivity contribution in [2.24, 2.45) is 5.73 Å². The van der Waals surface area contributed by atoms with Crippen LogP contribution in [0, 0.1) is 0 Å². The molecule has 0 saturated heterocycles. The van der Waals surface area contributed by atoms with Gasteiger partial charge in [0, 0.05) is 5.56 Å². The maximum atomic E-state index is 6.38. The van der Waals surface area contributed by atoms with Gasteiger partial charge in [-0.15, -0.1) is 0 Å². The molecule has 5 heteroatoms. The number of methoxy groups -OCH3 is 3. The quantitative estimate of drug-likeness (QED) is 0.895. The molecule has 2 rings (SSSR count). The second-order valence-electron chi connectivity index (χ2n) is 4.48. The normalized spacial score (nSPS) is 11.9. The molecule has 4 nitrogen and oxygen atoms in total. The highest BCUT2D eigenvalue weighted by atomic mass is 79.9. The first-order chi connectivity index (χ1) is 10.1. The molecule has 0 heterocycles. The van der Waals surface area contributed by atoms with Crippen molar-refractivity contribution in [3.63, 3.8) is 0 Å². The number of nitrogens with two attached hydrogens (primary N) is 1. The van der Waals surface area contributed by atoms with E-state index in [-0.39, 0.29) is 6.04 Å². The van der Waals surface area contributed by atoms with Crippen molar-refractivity contribution in [1.82, 2.24) is 0 Å². The van der Waals surface area contributed by atoms with Crippen molar-refractivity contribution in [3.8, 4) is 17.2 Å². The van der Waals surface area contributed by atoms with Gasteiger partial charge in [0.15, 0.2) is 0 Å². The van der Waals surface area contributed by atoms with Crippen LogP contribution in [-0.2, 0) is 0 Å². The highest BCUT2D eigenvalue weighted by molar-refractivity contribution is 9.10. The minimum atomic E-state index is -0.322. The molecule has 1 unspecified atom stereocenters. The van der Waals surface area contributed by atoms with Crippen molar-refractivity contribution in [1.29, 1.82) is 0 Å². The zero-order valence-electron chi connectivity index (χ0n) is 12.2. The Labute approximate surface area is 132 Å². The first-order valence-corrected chi connectivity index (χ1v) is 7.21. The molecule has 0 spiro atoms. The lowest BCUT2D eigenvalue weighted by Crippen LogP contribution is -2.13. The standard InChI is InChI=1S/C16H18BrNO3/c1-19-11-5-7-14(20-2)12(9-11)16(18)10-4-6-15(21-3)13(17)8-10/h4-9,16H,18H2,1-3H3. The number of benzene rings is 2. The summed E-state index contributed by atoms with van der Waals surface area (Å²) in [5.74, 6) is 2.24. The largest absolute Gasteiger partial charge is 0.497 e. The van der Waals surface area contributed by atoms with Crippen LogP contribution in [0.1, 0.15) is 17.2 Å². The zero-order valence-corrected chi connectivity index (χ0v) is 13.8. The van der Waals surface area contributed by atoms with Gasteiger partial charge in [-0.1, -0.05) is 6.07 Å². The maximum absolute atomic E-state index is 6.38. The first kappa shape index (κ1) is 15.7. The van der Waals surface area contributed by atoms with Gasteiger partial charge in [0.2, 0.25) is 0 Å². The summed E-state index contributed by atoms with van der Waals surface area (Å²) in [6.45, 7) is 0. The molecule has 0 amide bonds. The summed E-state index contributed by atoms with van der Waals surface area (Å²) in [4.78, 5) is 0. The molecular weight excluding hydrogens is 334 g/mol. The van der Waals surface area contributed by atoms with Crippen molar-refractivity contribution in [3.05, 3.63) is 52.0 Å². The summed E-state index contributed by atoms with van der Waals surface area (Å²) < 4.78 is 16.7. The third-order valence-corrected chi connectivity index (χ3v) is 3.93. The van der Waals surface area contributed by atoms with E-state index in [1.54, 1.807) is 21.3 Å². The van der Waals surface area contributed by atoms with Crippen LogP contribution in [0.15, 0.2) is 40.9 Å². The molecule has 0 bridgehead atoms.